The first-order chi connectivity index (χ1) is 12.5. The van der Waals surface area contributed by atoms with Gasteiger partial charge in [0.1, 0.15) is 12.4 Å². The zero-order valence-electron chi connectivity index (χ0n) is 15.2. The zero-order valence-corrected chi connectivity index (χ0v) is 15.2. The van der Waals surface area contributed by atoms with Crippen LogP contribution in [0.5, 0.6) is 5.75 Å². The Morgan fingerprint density at radius 2 is 1.77 bits per heavy atom. The second-order valence-electron chi connectivity index (χ2n) is 6.31. The Hall–Kier alpha value is -3.08. The standard InChI is InChI=1S/C21H22N2O3/c1-14-19(15(2)24)20(22-21(25)23(14)3)17-11-7-8-12-18(17)26-13-16-9-5-4-6-10-16/h4-12,20H,13H2,1-3H3,(H,22,25). The summed E-state index contributed by atoms with van der Waals surface area (Å²) in [5, 5.41) is 2.91. The topological polar surface area (TPSA) is 58.6 Å². The molecule has 1 aliphatic rings. The minimum Gasteiger partial charge on any atom is -0.489 e. The first kappa shape index (κ1) is 17.7. The average molecular weight is 350 g/mol. The summed E-state index contributed by atoms with van der Waals surface area (Å²) in [5.41, 5.74) is 3.05. The Kier molecular flexibility index (Phi) is 5.07. The molecule has 2 amide bonds. The molecule has 5 nitrogen and oxygen atoms in total. The van der Waals surface area contributed by atoms with Crippen molar-refractivity contribution in [2.45, 2.75) is 26.5 Å². The van der Waals surface area contributed by atoms with E-state index in [1.165, 1.54) is 11.8 Å². The lowest BCUT2D eigenvalue weighted by molar-refractivity contribution is -0.114. The summed E-state index contributed by atoms with van der Waals surface area (Å²) in [6.07, 6.45) is 0. The van der Waals surface area contributed by atoms with E-state index in [1.807, 2.05) is 54.6 Å². The van der Waals surface area contributed by atoms with Crippen molar-refractivity contribution in [1.82, 2.24) is 10.2 Å². The number of nitrogens with zero attached hydrogens (tertiary/aromatic N) is 1. The molecule has 0 spiro atoms. The molecule has 26 heavy (non-hydrogen) atoms. The van der Waals surface area contributed by atoms with E-state index in [1.54, 1.807) is 14.0 Å². The van der Waals surface area contributed by atoms with Gasteiger partial charge in [-0.05, 0) is 25.5 Å². The van der Waals surface area contributed by atoms with Crippen molar-refractivity contribution in [3.63, 3.8) is 0 Å². The zero-order chi connectivity index (χ0) is 18.7. The number of amides is 2. The summed E-state index contributed by atoms with van der Waals surface area (Å²) in [7, 11) is 1.65. The SMILES string of the molecule is CC(=O)C1=C(C)N(C)C(=O)NC1c1ccccc1OCc1ccccc1. The number of benzene rings is 2. The number of para-hydroxylation sites is 1. The molecule has 1 N–H and O–H groups in total. The molecule has 0 aromatic heterocycles. The van der Waals surface area contributed by atoms with Gasteiger partial charge in [-0.3, -0.25) is 4.79 Å². The Morgan fingerprint density at radius 1 is 1.12 bits per heavy atom. The largest absolute Gasteiger partial charge is 0.489 e. The summed E-state index contributed by atoms with van der Waals surface area (Å²) < 4.78 is 6.00. The van der Waals surface area contributed by atoms with Gasteiger partial charge in [-0.1, -0.05) is 48.5 Å². The second-order valence-corrected chi connectivity index (χ2v) is 6.31. The molecule has 1 atom stereocenters. The summed E-state index contributed by atoms with van der Waals surface area (Å²) >= 11 is 0. The van der Waals surface area contributed by atoms with E-state index in [0.29, 0.717) is 23.6 Å². The van der Waals surface area contributed by atoms with Gasteiger partial charge < -0.3 is 15.0 Å². The van der Waals surface area contributed by atoms with Gasteiger partial charge in [-0.15, -0.1) is 0 Å². The molecular formula is C21H22N2O3. The van der Waals surface area contributed by atoms with Gasteiger partial charge in [0.2, 0.25) is 0 Å². The van der Waals surface area contributed by atoms with E-state index in [0.717, 1.165) is 11.1 Å². The lowest BCUT2D eigenvalue weighted by atomic mass is 9.92. The highest BCUT2D eigenvalue weighted by molar-refractivity contribution is 5.98. The van der Waals surface area contributed by atoms with E-state index in [4.69, 9.17) is 4.74 Å². The van der Waals surface area contributed by atoms with E-state index in [-0.39, 0.29) is 11.8 Å². The number of nitrogens with one attached hydrogen (secondary N) is 1. The number of hydrogen-bond donors (Lipinski definition) is 1. The number of rotatable bonds is 5. The summed E-state index contributed by atoms with van der Waals surface area (Å²) in [4.78, 5) is 26.0. The fourth-order valence-corrected chi connectivity index (χ4v) is 3.11. The third kappa shape index (κ3) is 3.47. The minimum absolute atomic E-state index is 0.0720. The fraction of sp³-hybridized carbons (Fsp3) is 0.238. The van der Waals surface area contributed by atoms with Crippen molar-refractivity contribution in [1.29, 1.82) is 0 Å². The minimum atomic E-state index is -0.525. The third-order valence-electron chi connectivity index (χ3n) is 4.60. The maximum atomic E-state index is 12.3. The summed E-state index contributed by atoms with van der Waals surface area (Å²) in [6, 6.07) is 16.6. The highest BCUT2D eigenvalue weighted by atomic mass is 16.5. The number of carbonyl (C=O) groups is 2. The number of urea groups is 1. The average Bonchev–Trinajstić information content (AvgIpc) is 2.65. The van der Waals surface area contributed by atoms with Crippen molar-refractivity contribution in [3.05, 3.63) is 77.0 Å². The predicted octanol–water partition coefficient (Wildman–Crippen LogP) is 3.82. The van der Waals surface area contributed by atoms with Gasteiger partial charge in [0.15, 0.2) is 5.78 Å². The van der Waals surface area contributed by atoms with Crippen molar-refractivity contribution in [2.24, 2.45) is 0 Å². The van der Waals surface area contributed by atoms with Gasteiger partial charge in [0.05, 0.1) is 6.04 Å². The lowest BCUT2D eigenvalue weighted by Gasteiger charge is -2.34. The number of ether oxygens (including phenoxy) is 1. The van der Waals surface area contributed by atoms with E-state index in [2.05, 4.69) is 5.32 Å². The molecule has 0 saturated carbocycles. The van der Waals surface area contributed by atoms with E-state index < -0.39 is 6.04 Å². The maximum Gasteiger partial charge on any atom is 0.322 e. The van der Waals surface area contributed by atoms with Crippen LogP contribution in [-0.4, -0.2) is 23.8 Å². The van der Waals surface area contributed by atoms with Crippen molar-refractivity contribution >= 4 is 11.8 Å². The molecule has 134 valence electrons. The van der Waals surface area contributed by atoms with Crippen LogP contribution >= 0.6 is 0 Å². The van der Waals surface area contributed by atoms with E-state index >= 15 is 0 Å². The normalized spacial score (nSPS) is 17.1. The highest BCUT2D eigenvalue weighted by Gasteiger charge is 2.33. The molecule has 1 unspecified atom stereocenters. The number of hydrogen-bond acceptors (Lipinski definition) is 3. The van der Waals surface area contributed by atoms with Gasteiger partial charge in [0.25, 0.3) is 0 Å². The van der Waals surface area contributed by atoms with Crippen molar-refractivity contribution in [2.75, 3.05) is 7.05 Å². The molecule has 2 aromatic carbocycles. The van der Waals surface area contributed by atoms with Crippen LogP contribution < -0.4 is 10.1 Å². The van der Waals surface area contributed by atoms with Crippen LogP contribution in [0.1, 0.15) is 31.0 Å². The van der Waals surface area contributed by atoms with Crippen LogP contribution in [0.4, 0.5) is 4.79 Å². The van der Waals surface area contributed by atoms with Crippen LogP contribution in [0.15, 0.2) is 65.9 Å². The molecule has 0 radical (unpaired) electrons. The Morgan fingerprint density at radius 3 is 2.46 bits per heavy atom. The first-order valence-electron chi connectivity index (χ1n) is 8.50. The van der Waals surface area contributed by atoms with Gasteiger partial charge >= 0.3 is 6.03 Å². The Balaban J connectivity index is 1.96. The quantitative estimate of drug-likeness (QED) is 0.892. The third-order valence-corrected chi connectivity index (χ3v) is 4.60. The summed E-state index contributed by atoms with van der Waals surface area (Å²) in [5.74, 6) is 0.579. The van der Waals surface area contributed by atoms with E-state index in [9.17, 15) is 9.59 Å². The molecule has 3 rings (SSSR count). The molecule has 1 heterocycles. The first-order valence-corrected chi connectivity index (χ1v) is 8.50. The van der Waals surface area contributed by atoms with Crippen molar-refractivity contribution < 1.29 is 14.3 Å². The smallest absolute Gasteiger partial charge is 0.322 e. The van der Waals surface area contributed by atoms with Crippen LogP contribution in [0.2, 0.25) is 0 Å². The number of ketones is 1. The molecule has 0 bridgehead atoms. The molecule has 0 aliphatic carbocycles. The van der Waals surface area contributed by atoms with Gasteiger partial charge in [-0.2, -0.15) is 0 Å². The second kappa shape index (κ2) is 7.44. The Labute approximate surface area is 153 Å². The monoisotopic (exact) mass is 350 g/mol. The van der Waals surface area contributed by atoms with Crippen LogP contribution in [0.3, 0.4) is 0 Å². The number of Topliss-reactive ketones (excluding diaryl/α,β-unsaturated/α-hetero) is 1. The highest BCUT2D eigenvalue weighted by Crippen LogP contribution is 2.35. The predicted molar refractivity (Wildman–Crippen MR) is 99.6 cm³/mol. The lowest BCUT2D eigenvalue weighted by Crippen LogP contribution is -2.45. The number of carbonyl (C=O) groups excluding carboxylic acids is 2. The number of allylic oxidation sites excluding steroid dienone is 1. The summed E-state index contributed by atoms with van der Waals surface area (Å²) in [6.45, 7) is 3.72. The van der Waals surface area contributed by atoms with Gasteiger partial charge in [0, 0.05) is 23.9 Å². The molecule has 2 aromatic rings. The maximum absolute atomic E-state index is 12.3. The van der Waals surface area contributed by atoms with Crippen LogP contribution in [0, 0.1) is 0 Å². The van der Waals surface area contributed by atoms with Gasteiger partial charge in [-0.25, -0.2) is 4.79 Å². The van der Waals surface area contributed by atoms with Crippen molar-refractivity contribution in [3.8, 4) is 5.75 Å². The molecule has 5 heteroatoms. The van der Waals surface area contributed by atoms with Crippen LogP contribution in [0.25, 0.3) is 0 Å². The Bertz CT molecular complexity index is 859. The molecule has 0 saturated heterocycles. The fourth-order valence-electron chi connectivity index (χ4n) is 3.11. The van der Waals surface area contributed by atoms with Crippen LogP contribution in [-0.2, 0) is 11.4 Å². The molecular weight excluding hydrogens is 328 g/mol. The molecule has 1 aliphatic heterocycles. The molecule has 0 fully saturated rings.